The second-order valence-electron chi connectivity index (χ2n) is 10.9. The SMILES string of the molecule is CCC(CC)Nc1nc(NCCOCCOCCNC(=O)c2ccccc2)nc(Nc2ccc(C(=O)NCCOCCOCCN=[N+]=[N-])cc2)n1. The molecule has 2 amide bonds. The molecule has 3 rings (SSSR count). The minimum Gasteiger partial charge on any atom is -0.379 e. The van der Waals surface area contributed by atoms with Gasteiger partial charge in [-0.1, -0.05) is 37.2 Å². The van der Waals surface area contributed by atoms with E-state index >= 15 is 0 Å². The summed E-state index contributed by atoms with van der Waals surface area (Å²) in [6.45, 7) is 8.72. The van der Waals surface area contributed by atoms with E-state index in [2.05, 4.69) is 65.4 Å². The average molecular weight is 708 g/mol. The summed E-state index contributed by atoms with van der Waals surface area (Å²) in [5.74, 6) is 0.809. The Labute approximate surface area is 298 Å². The van der Waals surface area contributed by atoms with Crippen LogP contribution >= 0.6 is 0 Å². The fraction of sp³-hybridized carbons (Fsp3) is 0.500. The summed E-state index contributed by atoms with van der Waals surface area (Å²) >= 11 is 0. The van der Waals surface area contributed by atoms with Gasteiger partial charge in [0.2, 0.25) is 17.8 Å². The van der Waals surface area contributed by atoms with Crippen LogP contribution in [0, 0.1) is 0 Å². The lowest BCUT2D eigenvalue weighted by Gasteiger charge is -2.16. The van der Waals surface area contributed by atoms with Crippen molar-refractivity contribution in [2.45, 2.75) is 32.7 Å². The van der Waals surface area contributed by atoms with Gasteiger partial charge in [0, 0.05) is 53.9 Å². The van der Waals surface area contributed by atoms with Crippen molar-refractivity contribution in [2.24, 2.45) is 5.11 Å². The molecule has 0 aliphatic rings. The summed E-state index contributed by atoms with van der Waals surface area (Å²) in [7, 11) is 0. The Balaban J connectivity index is 1.39. The number of hydrogen-bond acceptors (Lipinski definition) is 13. The van der Waals surface area contributed by atoms with E-state index < -0.39 is 0 Å². The number of rotatable bonds is 27. The summed E-state index contributed by atoms with van der Waals surface area (Å²) in [5.41, 5.74) is 10.0. The molecule has 276 valence electrons. The maximum absolute atomic E-state index is 12.6. The molecule has 0 spiro atoms. The smallest absolute Gasteiger partial charge is 0.251 e. The molecule has 17 heteroatoms. The number of ether oxygens (including phenoxy) is 4. The van der Waals surface area contributed by atoms with Gasteiger partial charge in [-0.25, -0.2) is 0 Å². The number of carbonyl (C=O) groups excluding carboxylic acids is 2. The van der Waals surface area contributed by atoms with Gasteiger partial charge in [-0.15, -0.1) is 0 Å². The predicted octanol–water partition coefficient (Wildman–Crippen LogP) is 4.16. The van der Waals surface area contributed by atoms with Gasteiger partial charge < -0.3 is 45.5 Å². The van der Waals surface area contributed by atoms with Gasteiger partial charge in [0.05, 0.1) is 52.9 Å². The van der Waals surface area contributed by atoms with Crippen molar-refractivity contribution in [3.8, 4) is 0 Å². The average Bonchev–Trinajstić information content (AvgIpc) is 3.15. The van der Waals surface area contributed by atoms with E-state index in [0.717, 1.165) is 12.8 Å². The Morgan fingerprint density at radius 3 is 1.80 bits per heavy atom. The molecule has 0 atom stereocenters. The summed E-state index contributed by atoms with van der Waals surface area (Å²) < 4.78 is 21.9. The van der Waals surface area contributed by atoms with Crippen molar-refractivity contribution in [3.05, 3.63) is 76.2 Å². The molecule has 0 saturated heterocycles. The predicted molar refractivity (Wildman–Crippen MR) is 194 cm³/mol. The third-order valence-corrected chi connectivity index (χ3v) is 7.13. The van der Waals surface area contributed by atoms with Crippen LogP contribution in [0.3, 0.4) is 0 Å². The molecule has 3 aromatic rings. The van der Waals surface area contributed by atoms with Gasteiger partial charge in [-0.05, 0) is 54.8 Å². The highest BCUT2D eigenvalue weighted by Crippen LogP contribution is 2.18. The van der Waals surface area contributed by atoms with Crippen LogP contribution in [-0.2, 0) is 18.9 Å². The first kappa shape index (κ1) is 40.4. The molecule has 1 heterocycles. The molecule has 17 nitrogen and oxygen atoms in total. The molecule has 0 fully saturated rings. The quantitative estimate of drug-likeness (QED) is 0.0326. The van der Waals surface area contributed by atoms with Crippen molar-refractivity contribution in [2.75, 3.05) is 95.0 Å². The molecule has 0 aliphatic carbocycles. The molecule has 0 aliphatic heterocycles. The van der Waals surface area contributed by atoms with E-state index in [1.165, 1.54) is 0 Å². The van der Waals surface area contributed by atoms with Crippen LogP contribution in [0.4, 0.5) is 23.5 Å². The topological polar surface area (TPSA) is 219 Å². The van der Waals surface area contributed by atoms with Crippen molar-refractivity contribution in [1.82, 2.24) is 25.6 Å². The second kappa shape index (κ2) is 25.0. The Kier molecular flexibility index (Phi) is 19.8. The number of anilines is 4. The Bertz CT molecular complexity index is 1470. The number of carbonyl (C=O) groups is 2. The Morgan fingerprint density at radius 1 is 0.686 bits per heavy atom. The van der Waals surface area contributed by atoms with Crippen LogP contribution in [0.2, 0.25) is 0 Å². The first-order valence-corrected chi connectivity index (χ1v) is 17.1. The fourth-order valence-corrected chi connectivity index (χ4v) is 4.38. The van der Waals surface area contributed by atoms with E-state index in [9.17, 15) is 9.59 Å². The zero-order valence-electron chi connectivity index (χ0n) is 29.3. The molecule has 0 saturated carbocycles. The zero-order chi connectivity index (χ0) is 36.4. The lowest BCUT2D eigenvalue weighted by Crippen LogP contribution is -2.27. The number of benzene rings is 2. The van der Waals surface area contributed by atoms with Gasteiger partial charge in [-0.3, -0.25) is 9.59 Å². The molecular formula is C34H49N11O6. The van der Waals surface area contributed by atoms with Crippen molar-refractivity contribution >= 4 is 35.3 Å². The second-order valence-corrected chi connectivity index (χ2v) is 10.9. The van der Waals surface area contributed by atoms with E-state index in [-0.39, 0.29) is 24.4 Å². The van der Waals surface area contributed by atoms with Gasteiger partial charge >= 0.3 is 0 Å². The molecule has 0 unspecified atom stereocenters. The van der Waals surface area contributed by atoms with Crippen LogP contribution in [-0.4, -0.2) is 112 Å². The van der Waals surface area contributed by atoms with E-state index in [0.29, 0.717) is 107 Å². The van der Waals surface area contributed by atoms with Crippen LogP contribution in [0.1, 0.15) is 47.4 Å². The maximum atomic E-state index is 12.6. The number of azide groups is 1. The maximum Gasteiger partial charge on any atom is 0.251 e. The minimum atomic E-state index is -0.222. The molecule has 2 aromatic carbocycles. The minimum absolute atomic E-state index is 0.131. The van der Waals surface area contributed by atoms with Crippen molar-refractivity contribution in [3.63, 3.8) is 0 Å². The number of hydrogen-bond donors (Lipinski definition) is 5. The standard InChI is InChI=1S/C34H49N11O6/c1-3-28(4-2)40-33-42-32(38-16-20-50-23-22-48-18-14-36-30(46)26-8-6-5-7-9-26)43-34(44-33)41-29-12-10-27(11-13-29)31(47)37-15-19-49-24-25-51-21-17-39-45-35/h5-13,28H,3-4,14-25H2,1-2H3,(H,36,46)(H,37,47)(H3,38,40,41,42,43,44). The molecule has 0 radical (unpaired) electrons. The fourth-order valence-electron chi connectivity index (χ4n) is 4.38. The third-order valence-electron chi connectivity index (χ3n) is 7.13. The van der Waals surface area contributed by atoms with Gasteiger partial charge in [0.1, 0.15) is 0 Å². The monoisotopic (exact) mass is 707 g/mol. The number of amides is 2. The first-order chi connectivity index (χ1) is 25.0. The highest BCUT2D eigenvalue weighted by atomic mass is 16.5. The van der Waals surface area contributed by atoms with Gasteiger partial charge in [-0.2, -0.15) is 15.0 Å². The lowest BCUT2D eigenvalue weighted by molar-refractivity contribution is 0.0511. The summed E-state index contributed by atoms with van der Waals surface area (Å²) in [5, 5.41) is 18.8. The van der Waals surface area contributed by atoms with Crippen LogP contribution in [0.25, 0.3) is 10.4 Å². The molecule has 0 bridgehead atoms. The number of nitrogens with zero attached hydrogens (tertiary/aromatic N) is 6. The summed E-state index contributed by atoms with van der Waals surface area (Å²) in [4.78, 5) is 40.9. The summed E-state index contributed by atoms with van der Waals surface area (Å²) in [6.07, 6.45) is 1.82. The van der Waals surface area contributed by atoms with E-state index in [1.807, 2.05) is 18.2 Å². The zero-order valence-corrected chi connectivity index (χ0v) is 29.3. The largest absolute Gasteiger partial charge is 0.379 e. The molecular weight excluding hydrogens is 658 g/mol. The van der Waals surface area contributed by atoms with Gasteiger partial charge in [0.25, 0.3) is 11.8 Å². The molecule has 5 N–H and O–H groups in total. The number of nitrogens with one attached hydrogen (secondary N) is 5. The lowest BCUT2D eigenvalue weighted by atomic mass is 10.2. The normalized spacial score (nSPS) is 10.7. The van der Waals surface area contributed by atoms with E-state index in [1.54, 1.807) is 36.4 Å². The third kappa shape index (κ3) is 16.9. The van der Waals surface area contributed by atoms with Crippen LogP contribution < -0.4 is 26.6 Å². The first-order valence-electron chi connectivity index (χ1n) is 17.1. The highest BCUT2D eigenvalue weighted by molar-refractivity contribution is 5.94. The van der Waals surface area contributed by atoms with Crippen LogP contribution in [0.5, 0.6) is 0 Å². The van der Waals surface area contributed by atoms with Gasteiger partial charge in [0.15, 0.2) is 0 Å². The van der Waals surface area contributed by atoms with E-state index in [4.69, 9.17) is 24.5 Å². The Morgan fingerprint density at radius 2 is 1.22 bits per heavy atom. The van der Waals surface area contributed by atoms with Crippen molar-refractivity contribution < 1.29 is 28.5 Å². The van der Waals surface area contributed by atoms with Crippen LogP contribution in [0.15, 0.2) is 59.7 Å². The number of aromatic nitrogens is 3. The molecule has 51 heavy (non-hydrogen) atoms. The molecule has 1 aromatic heterocycles. The Hall–Kier alpha value is -5.06. The summed E-state index contributed by atoms with van der Waals surface area (Å²) in [6, 6.07) is 16.2. The highest BCUT2D eigenvalue weighted by Gasteiger charge is 2.12. The van der Waals surface area contributed by atoms with Crippen molar-refractivity contribution in [1.29, 1.82) is 0 Å².